The van der Waals surface area contributed by atoms with Gasteiger partial charge in [-0.3, -0.25) is 4.79 Å². The van der Waals surface area contributed by atoms with Crippen molar-refractivity contribution in [1.29, 1.82) is 0 Å². The van der Waals surface area contributed by atoms with Crippen LogP contribution in [0.2, 0.25) is 26.7 Å². The molecule has 2 aliphatic heterocycles. The highest BCUT2D eigenvalue weighted by molar-refractivity contribution is 6.77. The highest BCUT2D eigenvalue weighted by Gasteiger charge is 2.66. The Bertz CT molecular complexity index is 823. The Kier molecular flexibility index (Phi) is 11.2. The van der Waals surface area contributed by atoms with Crippen LogP contribution in [0.3, 0.4) is 0 Å². The Morgan fingerprint density at radius 1 is 0.975 bits per heavy atom. The number of methoxy groups -OCH3 is 1. The molecule has 2 aliphatic rings. The maximum absolute atomic E-state index is 13.6. The average Bonchev–Trinajstić information content (AvgIpc) is 2.78. The molecule has 0 aromatic carbocycles. The molecule has 13 heteroatoms. The molecule has 0 aromatic heterocycles. The van der Waals surface area contributed by atoms with Gasteiger partial charge in [-0.1, -0.05) is 83.1 Å². The van der Waals surface area contributed by atoms with Gasteiger partial charge in [0.25, 0.3) is 0 Å². The van der Waals surface area contributed by atoms with Crippen molar-refractivity contribution in [3.8, 4) is 0 Å². The van der Waals surface area contributed by atoms with Gasteiger partial charge < -0.3 is 32.8 Å². The molecule has 2 saturated heterocycles. The lowest BCUT2D eigenvalue weighted by atomic mass is 9.97. The SMILES string of the molecule is COCO[C@@H]1O[C@@H]2CO[Si](C(C)(C)C)(C(C)(C)C)O[C@H]2[C@H](O[Si](C(C)C)(C(C)C)C(C)C)[C@H]1NC(=O)C(F)(F)F. The predicted molar refractivity (Wildman–Crippen MR) is 152 cm³/mol. The first kappa shape index (κ1) is 35.6. The van der Waals surface area contributed by atoms with Crippen LogP contribution in [0.25, 0.3) is 0 Å². The fourth-order valence-electron chi connectivity index (χ4n) is 6.96. The molecular weight excluding hydrogens is 563 g/mol. The van der Waals surface area contributed by atoms with Crippen LogP contribution in [0.1, 0.15) is 83.1 Å². The van der Waals surface area contributed by atoms with Crippen molar-refractivity contribution in [2.45, 2.75) is 147 Å². The summed E-state index contributed by atoms with van der Waals surface area (Å²) in [7, 11) is -4.40. The van der Waals surface area contributed by atoms with E-state index in [0.717, 1.165) is 0 Å². The Morgan fingerprint density at radius 2 is 1.48 bits per heavy atom. The highest BCUT2D eigenvalue weighted by atomic mass is 28.4. The topological polar surface area (TPSA) is 84.5 Å². The van der Waals surface area contributed by atoms with Crippen LogP contribution >= 0.6 is 0 Å². The average molecular weight is 616 g/mol. The van der Waals surface area contributed by atoms with Crippen LogP contribution in [0, 0.1) is 0 Å². The lowest BCUT2D eigenvalue weighted by Crippen LogP contribution is -2.75. The van der Waals surface area contributed by atoms with Crippen LogP contribution in [-0.2, 0) is 32.3 Å². The third kappa shape index (κ3) is 6.82. The van der Waals surface area contributed by atoms with Gasteiger partial charge in [0.2, 0.25) is 8.32 Å². The summed E-state index contributed by atoms with van der Waals surface area (Å²) in [5.41, 5.74) is 0.370. The first-order valence-corrected chi connectivity index (χ1v) is 18.2. The van der Waals surface area contributed by atoms with Crippen molar-refractivity contribution in [1.82, 2.24) is 5.32 Å². The molecule has 0 aromatic rings. The van der Waals surface area contributed by atoms with Gasteiger partial charge in [-0.15, -0.1) is 0 Å². The van der Waals surface area contributed by atoms with Crippen molar-refractivity contribution in [2.75, 3.05) is 20.5 Å². The number of fused-ring (bicyclic) bond motifs is 1. The number of hydrogen-bond acceptors (Lipinski definition) is 7. The van der Waals surface area contributed by atoms with E-state index in [1.165, 1.54) is 7.11 Å². The van der Waals surface area contributed by atoms with Crippen LogP contribution in [0.4, 0.5) is 13.2 Å². The Morgan fingerprint density at radius 3 is 1.88 bits per heavy atom. The molecule has 2 rings (SSSR count). The van der Waals surface area contributed by atoms with Crippen molar-refractivity contribution in [3.05, 3.63) is 0 Å². The Balaban J connectivity index is 2.78. The zero-order chi connectivity index (χ0) is 31.1. The predicted octanol–water partition coefficient (Wildman–Crippen LogP) is 6.40. The van der Waals surface area contributed by atoms with Gasteiger partial charge in [-0.05, 0) is 16.6 Å². The zero-order valence-electron chi connectivity index (χ0n) is 26.5. The molecule has 40 heavy (non-hydrogen) atoms. The van der Waals surface area contributed by atoms with Crippen molar-refractivity contribution < 1.29 is 45.5 Å². The van der Waals surface area contributed by atoms with Gasteiger partial charge in [0.15, 0.2) is 6.29 Å². The minimum absolute atomic E-state index is 0.123. The number of nitrogens with one attached hydrogen (secondary N) is 1. The number of amides is 1. The first-order valence-electron chi connectivity index (χ1n) is 14.2. The molecule has 1 amide bonds. The summed E-state index contributed by atoms with van der Waals surface area (Å²) in [4.78, 5) is 12.4. The second-order valence-electron chi connectivity index (χ2n) is 14.0. The third-order valence-corrected chi connectivity index (χ3v) is 19.5. The number of hydrogen-bond donors (Lipinski definition) is 1. The van der Waals surface area contributed by atoms with E-state index in [0.29, 0.717) is 0 Å². The normalized spacial score (nSPS) is 28.2. The van der Waals surface area contributed by atoms with Gasteiger partial charge in [-0.2, -0.15) is 13.2 Å². The standard InChI is InChI=1S/C27H52F3NO7Si2/c1-16(2)39(17(3)4,18(5)6)37-22-20(31-24(32)27(28,29)30)23(34-15-33-13)36-19-14-35-40(25(7,8)9,26(10,11)12)38-21(19)22/h16-23H,14-15H2,1-13H3,(H,31,32)/t19-,20-,21-,22-,23-/m1/s1. The van der Waals surface area contributed by atoms with E-state index in [4.69, 9.17) is 27.5 Å². The number of halogens is 3. The molecule has 0 spiro atoms. The van der Waals surface area contributed by atoms with E-state index in [9.17, 15) is 18.0 Å². The van der Waals surface area contributed by atoms with Crippen molar-refractivity contribution in [3.63, 3.8) is 0 Å². The summed E-state index contributed by atoms with van der Waals surface area (Å²) in [5.74, 6) is -2.09. The molecule has 0 saturated carbocycles. The molecule has 0 aliphatic carbocycles. The van der Waals surface area contributed by atoms with Crippen LogP contribution in [0.5, 0.6) is 0 Å². The fourth-order valence-corrected chi connectivity index (χ4v) is 17.5. The molecule has 8 nitrogen and oxygen atoms in total. The second-order valence-corrected chi connectivity index (χ2v) is 24.2. The van der Waals surface area contributed by atoms with Crippen LogP contribution < -0.4 is 5.32 Å². The quantitative estimate of drug-likeness (QED) is 0.237. The fraction of sp³-hybridized carbons (Fsp3) is 0.963. The molecule has 5 atom stereocenters. The lowest BCUT2D eigenvalue weighted by molar-refractivity contribution is -0.294. The number of carbonyl (C=O) groups is 1. The third-order valence-electron chi connectivity index (χ3n) is 8.33. The summed E-state index contributed by atoms with van der Waals surface area (Å²) in [5, 5.41) is 1.38. The molecule has 2 heterocycles. The summed E-state index contributed by atoms with van der Waals surface area (Å²) >= 11 is 0. The number of alkyl halides is 3. The van der Waals surface area contributed by atoms with Gasteiger partial charge in [0, 0.05) is 17.2 Å². The van der Waals surface area contributed by atoms with Crippen LogP contribution in [-0.4, -0.2) is 80.1 Å². The maximum atomic E-state index is 13.6. The van der Waals surface area contributed by atoms with Crippen LogP contribution in [0.15, 0.2) is 0 Å². The van der Waals surface area contributed by atoms with Crippen molar-refractivity contribution >= 4 is 22.8 Å². The Labute approximate surface area is 240 Å². The largest absolute Gasteiger partial charge is 0.471 e. The van der Waals surface area contributed by atoms with E-state index in [-0.39, 0.29) is 30.0 Å². The highest BCUT2D eigenvalue weighted by Crippen LogP contribution is 2.56. The van der Waals surface area contributed by atoms with E-state index >= 15 is 0 Å². The summed E-state index contributed by atoms with van der Waals surface area (Å²) in [6.45, 7) is 24.9. The maximum Gasteiger partial charge on any atom is 0.471 e. The van der Waals surface area contributed by atoms with Gasteiger partial charge >= 0.3 is 20.6 Å². The zero-order valence-corrected chi connectivity index (χ0v) is 28.5. The van der Waals surface area contributed by atoms with Gasteiger partial charge in [-0.25, -0.2) is 0 Å². The molecule has 236 valence electrons. The smallest absolute Gasteiger partial charge is 0.408 e. The van der Waals surface area contributed by atoms with E-state index < -0.39 is 69.7 Å². The van der Waals surface area contributed by atoms with E-state index in [1.807, 2.05) is 0 Å². The molecule has 1 N–H and O–H groups in total. The number of rotatable bonds is 9. The van der Waals surface area contributed by atoms with Gasteiger partial charge in [0.1, 0.15) is 25.0 Å². The molecular formula is C27H52F3NO7Si2. The molecule has 0 bridgehead atoms. The second kappa shape index (κ2) is 12.6. The first-order chi connectivity index (χ1) is 18.1. The van der Waals surface area contributed by atoms with E-state index in [1.54, 1.807) is 0 Å². The molecule has 0 unspecified atom stereocenters. The summed E-state index contributed by atoms with van der Waals surface area (Å²) in [6, 6.07) is -1.31. The minimum Gasteiger partial charge on any atom is -0.408 e. The summed E-state index contributed by atoms with van der Waals surface area (Å²) < 4.78 is 78.6. The molecule has 0 radical (unpaired) electrons. The number of carbonyl (C=O) groups excluding carboxylic acids is 1. The minimum atomic E-state index is -5.11. The Hall–Kier alpha value is -0.546. The van der Waals surface area contributed by atoms with Crippen molar-refractivity contribution in [2.24, 2.45) is 0 Å². The van der Waals surface area contributed by atoms with Gasteiger partial charge in [0.05, 0.1) is 12.7 Å². The molecule has 2 fully saturated rings. The van der Waals surface area contributed by atoms with E-state index in [2.05, 4.69) is 88.4 Å². The summed E-state index contributed by atoms with van der Waals surface area (Å²) in [6.07, 6.45) is -8.84. The monoisotopic (exact) mass is 615 g/mol. The lowest BCUT2D eigenvalue weighted by Gasteiger charge is -2.59. The number of ether oxygens (including phenoxy) is 3.